The van der Waals surface area contributed by atoms with Crippen molar-refractivity contribution in [3.05, 3.63) is 263 Å². The first-order valence-electron chi connectivity index (χ1n) is 42.2. The number of hydrogen-bond acceptors (Lipinski definition) is 14. The Bertz CT molecular complexity index is 5740. The van der Waals surface area contributed by atoms with Crippen LogP contribution < -0.4 is 30.2 Å². The van der Waals surface area contributed by atoms with Gasteiger partial charge in [0.1, 0.15) is 31.9 Å². The van der Waals surface area contributed by atoms with Gasteiger partial charge in [-0.05, 0) is 226 Å². The summed E-state index contributed by atoms with van der Waals surface area (Å²) in [5.74, 6) is -2.77. The largest absolute Gasteiger partial charge is 0.494 e. The Morgan fingerprint density at radius 3 is 0.919 bits per heavy atom. The van der Waals surface area contributed by atoms with Crippen molar-refractivity contribution in [2.75, 3.05) is 41.0 Å². The van der Waals surface area contributed by atoms with Crippen molar-refractivity contribution in [1.29, 1.82) is 0 Å². The molecule has 3 heterocycles. The van der Waals surface area contributed by atoms with E-state index in [0.717, 1.165) is 170 Å². The fraction of sp³-hybridized carbons (Fsp3) is 0.343. The van der Waals surface area contributed by atoms with E-state index in [9.17, 15) is 45.9 Å². The SMILES string of the molecule is CCOc1ccc(-c2ccc(C(=O)C(C)(F)F)cc2)cc1CN(C(=O)c1sc2ccccc2c1Cl)C1CCC(NC)CC1.CCOc1ccc(-c2ccc(C(C)=O)cc2)cc1CN(C(=O)c1sc2ccccc2c1Cl)C1CCC(NC)CC1.CCOc1ccc(-c2ccc(C(F)(F)F)cc2)cc1CN(C(=O)c1sc2ccccc2c1Cl)C1CCC(NC)CC1. The summed E-state index contributed by atoms with van der Waals surface area (Å²) in [6.07, 6.45) is 6.75. The van der Waals surface area contributed by atoms with Crippen LogP contribution in [0.4, 0.5) is 22.0 Å². The van der Waals surface area contributed by atoms with Crippen LogP contribution in [0.2, 0.25) is 15.1 Å². The second-order valence-electron chi connectivity index (χ2n) is 31.7. The summed E-state index contributed by atoms with van der Waals surface area (Å²) in [4.78, 5) is 74.1. The van der Waals surface area contributed by atoms with Gasteiger partial charge in [0.25, 0.3) is 17.7 Å². The van der Waals surface area contributed by atoms with E-state index in [-0.39, 0.29) is 47.2 Å². The summed E-state index contributed by atoms with van der Waals surface area (Å²) in [5, 5.41) is 14.2. The van der Waals surface area contributed by atoms with E-state index in [2.05, 4.69) is 22.0 Å². The molecule has 0 spiro atoms. The Morgan fingerprint density at radius 2 is 0.661 bits per heavy atom. The quantitative estimate of drug-likeness (QED) is 0.0332. The topological polar surface area (TPSA) is 159 Å². The Balaban J connectivity index is 0.000000160. The maximum absolute atomic E-state index is 14.3. The van der Waals surface area contributed by atoms with Crippen molar-refractivity contribution < 1.29 is 60.1 Å². The molecule has 0 bridgehead atoms. The van der Waals surface area contributed by atoms with Crippen molar-refractivity contribution in [2.24, 2.45) is 0 Å². The van der Waals surface area contributed by atoms with Gasteiger partial charge in [0.15, 0.2) is 5.78 Å². The third-order valence-electron chi connectivity index (χ3n) is 23.8. The molecule has 14 nitrogen and oxygen atoms in total. The molecule has 3 fully saturated rings. The molecule has 0 radical (unpaired) electrons. The fourth-order valence-electron chi connectivity index (χ4n) is 16.9. The predicted molar refractivity (Wildman–Crippen MR) is 495 cm³/mol. The van der Waals surface area contributed by atoms with Gasteiger partial charge in [-0.2, -0.15) is 22.0 Å². The van der Waals surface area contributed by atoms with E-state index < -0.39 is 23.4 Å². The molecule has 25 heteroatoms. The minimum absolute atomic E-state index is 0.0116. The van der Waals surface area contributed by atoms with Crippen LogP contribution in [0.3, 0.4) is 0 Å². The van der Waals surface area contributed by atoms with E-state index in [4.69, 9.17) is 49.0 Å². The summed E-state index contributed by atoms with van der Waals surface area (Å²) in [6, 6.07) is 61.3. The monoisotopic (exact) mass is 1800 g/mol. The van der Waals surface area contributed by atoms with Gasteiger partial charge in [0.2, 0.25) is 5.78 Å². The zero-order valence-electron chi connectivity index (χ0n) is 70.6. The summed E-state index contributed by atoms with van der Waals surface area (Å²) >= 11 is 24.6. The number of ether oxygens (including phenoxy) is 3. The Hall–Kier alpha value is -9.59. The molecule has 3 amide bonds. The molecule has 3 aromatic heterocycles. The van der Waals surface area contributed by atoms with Gasteiger partial charge in [-0.1, -0.05) is 168 Å². The number of rotatable bonds is 27. The number of hydrogen-bond donors (Lipinski definition) is 3. The fourth-order valence-corrected chi connectivity index (χ4v) is 21.3. The average Bonchev–Trinajstić information content (AvgIpc) is 1.55. The van der Waals surface area contributed by atoms with Gasteiger partial charge in [-0.3, -0.25) is 24.0 Å². The highest BCUT2D eigenvalue weighted by atomic mass is 35.5. The lowest BCUT2D eigenvalue weighted by Crippen LogP contribution is -2.44. The third-order valence-corrected chi connectivity index (χ3v) is 28.7. The van der Waals surface area contributed by atoms with Crippen LogP contribution in [-0.4, -0.2) is 127 Å². The summed E-state index contributed by atoms with van der Waals surface area (Å²) < 4.78 is 87.5. The van der Waals surface area contributed by atoms with Crippen LogP contribution in [0, 0.1) is 0 Å². The zero-order chi connectivity index (χ0) is 88.1. The normalized spacial score (nSPS) is 17.3. The minimum Gasteiger partial charge on any atom is -0.494 e. The summed E-state index contributed by atoms with van der Waals surface area (Å²) in [5.41, 5.74) is 7.55. The molecule has 0 atom stereocenters. The molecule has 0 saturated heterocycles. The molecular weight excluding hydrogens is 1700 g/mol. The van der Waals surface area contributed by atoms with Crippen LogP contribution in [-0.2, 0) is 25.8 Å². The summed E-state index contributed by atoms with van der Waals surface area (Å²) in [7, 11) is 5.95. The lowest BCUT2D eigenvalue weighted by molar-refractivity contribution is -0.137. The number of carbonyl (C=O) groups is 5. The number of benzene rings is 9. The van der Waals surface area contributed by atoms with Crippen molar-refractivity contribution in [3.63, 3.8) is 0 Å². The van der Waals surface area contributed by atoms with Crippen LogP contribution >= 0.6 is 68.8 Å². The molecule has 3 N–H and O–H groups in total. The van der Waals surface area contributed by atoms with Crippen molar-refractivity contribution in [1.82, 2.24) is 30.7 Å². The maximum atomic E-state index is 14.3. The number of nitrogens with one attached hydrogen (secondary N) is 3. The highest BCUT2D eigenvalue weighted by molar-refractivity contribution is 7.22. The van der Waals surface area contributed by atoms with Crippen LogP contribution in [0.15, 0.2) is 200 Å². The predicted octanol–water partition coefficient (Wildman–Crippen LogP) is 25.4. The van der Waals surface area contributed by atoms with Gasteiger partial charge in [0.05, 0.1) is 40.5 Å². The number of carbonyl (C=O) groups excluding carboxylic acids is 5. The van der Waals surface area contributed by atoms with E-state index >= 15 is 0 Å². The smallest absolute Gasteiger partial charge is 0.416 e. The van der Waals surface area contributed by atoms with Crippen molar-refractivity contribution >= 4 is 128 Å². The summed E-state index contributed by atoms with van der Waals surface area (Å²) in [6.45, 7) is 10.4. The van der Waals surface area contributed by atoms with Gasteiger partial charge in [-0.25, -0.2) is 0 Å². The Labute approximate surface area is 748 Å². The maximum Gasteiger partial charge on any atom is 0.416 e. The lowest BCUT2D eigenvalue weighted by Gasteiger charge is -2.37. The highest BCUT2D eigenvalue weighted by Gasteiger charge is 2.38. The number of amides is 3. The van der Waals surface area contributed by atoms with E-state index in [1.54, 1.807) is 19.1 Å². The first-order valence-corrected chi connectivity index (χ1v) is 45.8. The Morgan fingerprint density at radius 1 is 0.387 bits per heavy atom. The highest BCUT2D eigenvalue weighted by Crippen LogP contribution is 2.44. The standard InChI is InChI=1S/C34H35ClF2N2O3S.C33H35ClN2O3S.C32H32ClF3N2O2S/c1-4-42-28-18-13-23(21-9-11-22(12-10-21)32(40)34(2,36)37)19-24(28)20-39(26-16-14-25(38-3)15-17-26)33(41)31-30(35)27-7-5-6-8-29(27)43-31;1-4-39-29-18-13-24(23-11-9-22(10-12-23)21(2)37)19-25(29)20-36(27-16-14-26(35-3)15-17-27)33(38)32-31(34)28-7-5-6-8-30(28)40-32;1-3-40-27-17-10-21(20-8-11-23(12-9-20)32(34,35)36)18-22(27)19-38(25-15-13-24(37-2)14-16-25)31(39)30-29(33)26-6-4-5-7-28(26)41-30/h5-13,18-19,25-26,38H,4,14-17,20H2,1-3H3;5-13,18-19,26-27,35H,4,14-17,20H2,1-3H3;4-12,17-18,24-25,37H,3,13-16,19H2,1-2H3. The van der Waals surface area contributed by atoms with Crippen LogP contribution in [0.5, 0.6) is 17.2 Å². The molecule has 0 unspecified atom stereocenters. The number of alkyl halides is 5. The molecule has 0 aliphatic heterocycles. The minimum atomic E-state index is -4.40. The molecule has 650 valence electrons. The Kier molecular flexibility index (Phi) is 31.0. The van der Waals surface area contributed by atoms with Crippen molar-refractivity contribution in [2.45, 2.75) is 180 Å². The molecule has 15 rings (SSSR count). The van der Waals surface area contributed by atoms with Gasteiger partial charge in [0, 0.05) is 121 Å². The molecule has 12 aromatic rings. The second kappa shape index (κ2) is 41.7. The van der Waals surface area contributed by atoms with Crippen LogP contribution in [0.1, 0.15) is 184 Å². The first-order chi connectivity index (χ1) is 59.7. The van der Waals surface area contributed by atoms with E-state index in [1.807, 2.05) is 202 Å². The average molecular weight is 1800 g/mol. The molecule has 9 aromatic carbocycles. The number of fused-ring (bicyclic) bond motifs is 3. The van der Waals surface area contributed by atoms with E-state index in [0.29, 0.717) is 117 Å². The number of ketones is 2. The molecule has 124 heavy (non-hydrogen) atoms. The molecular formula is C99H102Cl3F5N6O8S3. The molecule has 3 saturated carbocycles. The lowest BCUT2D eigenvalue weighted by atomic mass is 9.89. The first kappa shape index (κ1) is 92.1. The number of nitrogens with zero attached hydrogens (tertiary/aromatic N) is 3. The van der Waals surface area contributed by atoms with Gasteiger partial charge in [-0.15, -0.1) is 34.0 Å². The van der Waals surface area contributed by atoms with Gasteiger partial charge < -0.3 is 44.9 Å². The van der Waals surface area contributed by atoms with E-state index in [1.165, 1.54) is 58.3 Å². The number of Topliss-reactive ketones (excluding diaryl/α,β-unsaturated/α-hetero) is 2. The number of halogens is 8. The number of thiophene rings is 3. The second-order valence-corrected chi connectivity index (χ2v) is 36.0. The molecule has 3 aliphatic rings. The third kappa shape index (κ3) is 21.7. The van der Waals surface area contributed by atoms with Crippen LogP contribution in [0.25, 0.3) is 63.6 Å². The van der Waals surface area contributed by atoms with Crippen molar-refractivity contribution in [3.8, 4) is 50.6 Å². The molecule has 3 aliphatic carbocycles. The van der Waals surface area contributed by atoms with Gasteiger partial charge >= 0.3 is 12.1 Å². The zero-order valence-corrected chi connectivity index (χ0v) is 75.3.